The fourth-order valence-corrected chi connectivity index (χ4v) is 3.20. The number of rotatable bonds is 7. The SMILES string of the molecule is CC(C)CC(=O)N[C@@H](Cc1ccccc1)c1nc(-c2ccc3c(c2)OCO3)no1. The lowest BCUT2D eigenvalue weighted by molar-refractivity contribution is -0.122. The van der Waals surface area contributed by atoms with Crippen LogP contribution in [0, 0.1) is 5.92 Å². The Morgan fingerprint density at radius 1 is 1.10 bits per heavy atom. The molecule has 2 aromatic carbocycles. The van der Waals surface area contributed by atoms with E-state index in [9.17, 15) is 4.79 Å². The molecule has 4 rings (SSSR count). The quantitative estimate of drug-likeness (QED) is 0.655. The second-order valence-corrected chi connectivity index (χ2v) is 7.43. The van der Waals surface area contributed by atoms with E-state index in [0.717, 1.165) is 11.1 Å². The van der Waals surface area contributed by atoms with Gasteiger partial charge in [0.15, 0.2) is 11.5 Å². The highest BCUT2D eigenvalue weighted by molar-refractivity contribution is 5.76. The van der Waals surface area contributed by atoms with Crippen molar-refractivity contribution in [1.82, 2.24) is 15.5 Å². The number of amides is 1. The van der Waals surface area contributed by atoms with Crippen molar-refractivity contribution < 1.29 is 18.8 Å². The maximum absolute atomic E-state index is 12.4. The minimum absolute atomic E-state index is 0.0382. The second-order valence-electron chi connectivity index (χ2n) is 7.43. The molecule has 2 heterocycles. The maximum atomic E-state index is 12.4. The highest BCUT2D eigenvalue weighted by Gasteiger charge is 2.23. The van der Waals surface area contributed by atoms with E-state index in [4.69, 9.17) is 14.0 Å². The summed E-state index contributed by atoms with van der Waals surface area (Å²) in [4.78, 5) is 16.9. The zero-order chi connectivity index (χ0) is 20.2. The molecule has 0 unspecified atom stereocenters. The van der Waals surface area contributed by atoms with E-state index in [2.05, 4.69) is 15.5 Å². The van der Waals surface area contributed by atoms with Crippen LogP contribution in [0.3, 0.4) is 0 Å². The molecule has 7 heteroatoms. The van der Waals surface area contributed by atoms with Crippen molar-refractivity contribution in [2.45, 2.75) is 32.7 Å². The van der Waals surface area contributed by atoms with Gasteiger partial charge in [-0.2, -0.15) is 4.98 Å². The normalized spacial score (nSPS) is 13.5. The summed E-state index contributed by atoms with van der Waals surface area (Å²) in [5.74, 6) is 2.39. The predicted molar refractivity (Wildman–Crippen MR) is 106 cm³/mol. The number of hydrogen-bond donors (Lipinski definition) is 1. The van der Waals surface area contributed by atoms with Gasteiger partial charge < -0.3 is 19.3 Å². The molecule has 1 atom stereocenters. The highest BCUT2D eigenvalue weighted by atomic mass is 16.7. The van der Waals surface area contributed by atoms with Gasteiger partial charge in [-0.15, -0.1) is 0 Å². The molecule has 1 N–H and O–H groups in total. The Hall–Kier alpha value is -3.35. The van der Waals surface area contributed by atoms with Crippen LogP contribution in [0.2, 0.25) is 0 Å². The molecule has 29 heavy (non-hydrogen) atoms. The van der Waals surface area contributed by atoms with Gasteiger partial charge >= 0.3 is 0 Å². The van der Waals surface area contributed by atoms with Gasteiger partial charge in [0.1, 0.15) is 6.04 Å². The van der Waals surface area contributed by atoms with Crippen molar-refractivity contribution in [3.8, 4) is 22.9 Å². The molecule has 0 saturated carbocycles. The summed E-state index contributed by atoms with van der Waals surface area (Å²) >= 11 is 0. The van der Waals surface area contributed by atoms with Crippen LogP contribution in [-0.2, 0) is 11.2 Å². The average molecular weight is 393 g/mol. The van der Waals surface area contributed by atoms with E-state index in [-0.39, 0.29) is 18.6 Å². The van der Waals surface area contributed by atoms with Crippen LogP contribution < -0.4 is 14.8 Å². The van der Waals surface area contributed by atoms with Crippen LogP contribution in [0.4, 0.5) is 0 Å². The molecule has 0 saturated heterocycles. The lowest BCUT2D eigenvalue weighted by Gasteiger charge is -2.16. The summed E-state index contributed by atoms with van der Waals surface area (Å²) in [6, 6.07) is 15.0. The van der Waals surface area contributed by atoms with E-state index >= 15 is 0 Å². The number of aromatic nitrogens is 2. The average Bonchev–Trinajstić information content (AvgIpc) is 3.36. The third-order valence-corrected chi connectivity index (χ3v) is 4.58. The summed E-state index contributed by atoms with van der Waals surface area (Å²) < 4.78 is 16.3. The Kier molecular flexibility index (Phi) is 5.46. The Morgan fingerprint density at radius 3 is 2.69 bits per heavy atom. The van der Waals surface area contributed by atoms with Crippen LogP contribution in [0.25, 0.3) is 11.4 Å². The summed E-state index contributed by atoms with van der Waals surface area (Å²) in [6.45, 7) is 4.23. The van der Waals surface area contributed by atoms with E-state index in [1.165, 1.54) is 0 Å². The van der Waals surface area contributed by atoms with Gasteiger partial charge in [0.2, 0.25) is 24.4 Å². The molecule has 1 aromatic heterocycles. The number of carbonyl (C=O) groups excluding carboxylic acids is 1. The van der Waals surface area contributed by atoms with Crippen LogP contribution in [0.1, 0.15) is 37.8 Å². The predicted octanol–water partition coefficient (Wildman–Crippen LogP) is 3.91. The van der Waals surface area contributed by atoms with Gasteiger partial charge in [-0.1, -0.05) is 49.3 Å². The molecule has 150 valence electrons. The van der Waals surface area contributed by atoms with E-state index in [1.807, 2.05) is 62.4 Å². The van der Waals surface area contributed by atoms with Crippen LogP contribution in [-0.4, -0.2) is 22.8 Å². The van der Waals surface area contributed by atoms with E-state index in [1.54, 1.807) is 0 Å². The molecular weight excluding hydrogens is 370 g/mol. The standard InChI is InChI=1S/C22H23N3O4/c1-14(2)10-20(26)23-17(11-15-6-4-3-5-7-15)22-24-21(25-29-22)16-8-9-18-19(12-16)28-13-27-18/h3-9,12,14,17H,10-11,13H2,1-2H3,(H,23,26)/t17-/m0/s1. The summed E-state index contributed by atoms with van der Waals surface area (Å²) in [6.07, 6.45) is 1.00. The molecule has 0 bridgehead atoms. The molecule has 0 aliphatic carbocycles. The van der Waals surface area contributed by atoms with Crippen LogP contribution in [0.5, 0.6) is 11.5 Å². The van der Waals surface area contributed by atoms with Gasteiger partial charge in [-0.3, -0.25) is 4.79 Å². The van der Waals surface area contributed by atoms with Gasteiger partial charge in [0.25, 0.3) is 0 Å². The summed E-state index contributed by atoms with van der Waals surface area (Å²) in [5, 5.41) is 7.15. The minimum atomic E-state index is -0.404. The molecule has 1 amide bonds. The fraction of sp³-hybridized carbons (Fsp3) is 0.318. The van der Waals surface area contributed by atoms with Crippen molar-refractivity contribution in [2.75, 3.05) is 6.79 Å². The zero-order valence-electron chi connectivity index (χ0n) is 16.4. The van der Waals surface area contributed by atoms with E-state index < -0.39 is 6.04 Å². The number of ether oxygens (including phenoxy) is 2. The van der Waals surface area contributed by atoms with Crippen molar-refractivity contribution in [3.63, 3.8) is 0 Å². The number of hydrogen-bond acceptors (Lipinski definition) is 6. The first-order valence-electron chi connectivity index (χ1n) is 9.65. The monoisotopic (exact) mass is 393 g/mol. The number of benzene rings is 2. The van der Waals surface area contributed by atoms with Crippen molar-refractivity contribution in [1.29, 1.82) is 0 Å². The Balaban J connectivity index is 1.58. The number of carbonyl (C=O) groups is 1. The lowest BCUT2D eigenvalue weighted by atomic mass is 10.0. The topological polar surface area (TPSA) is 86.5 Å². The number of nitrogens with one attached hydrogen (secondary N) is 1. The van der Waals surface area contributed by atoms with Crippen molar-refractivity contribution in [2.24, 2.45) is 5.92 Å². The molecule has 1 aliphatic rings. The molecule has 7 nitrogen and oxygen atoms in total. The fourth-order valence-electron chi connectivity index (χ4n) is 3.20. The van der Waals surface area contributed by atoms with Crippen molar-refractivity contribution >= 4 is 5.91 Å². The molecule has 0 spiro atoms. The maximum Gasteiger partial charge on any atom is 0.249 e. The first kappa shape index (κ1) is 19.0. The molecule has 0 fully saturated rings. The summed E-state index contributed by atoms with van der Waals surface area (Å²) in [7, 11) is 0. The number of nitrogens with zero attached hydrogens (tertiary/aromatic N) is 2. The third-order valence-electron chi connectivity index (χ3n) is 4.58. The van der Waals surface area contributed by atoms with Crippen LogP contribution >= 0.6 is 0 Å². The molecule has 3 aromatic rings. The first-order valence-corrected chi connectivity index (χ1v) is 9.65. The van der Waals surface area contributed by atoms with Gasteiger partial charge in [0.05, 0.1) is 0 Å². The number of fused-ring (bicyclic) bond motifs is 1. The Bertz CT molecular complexity index is 985. The second kappa shape index (κ2) is 8.34. The minimum Gasteiger partial charge on any atom is -0.454 e. The highest BCUT2D eigenvalue weighted by Crippen LogP contribution is 2.35. The van der Waals surface area contributed by atoms with Gasteiger partial charge in [0, 0.05) is 18.4 Å². The zero-order valence-corrected chi connectivity index (χ0v) is 16.4. The van der Waals surface area contributed by atoms with Gasteiger partial charge in [-0.05, 0) is 29.7 Å². The first-order chi connectivity index (χ1) is 14.1. The molecule has 0 radical (unpaired) electrons. The third kappa shape index (κ3) is 4.56. The summed E-state index contributed by atoms with van der Waals surface area (Å²) in [5.41, 5.74) is 1.83. The Morgan fingerprint density at radius 2 is 1.90 bits per heavy atom. The van der Waals surface area contributed by atoms with Crippen LogP contribution in [0.15, 0.2) is 53.1 Å². The van der Waals surface area contributed by atoms with Gasteiger partial charge in [-0.25, -0.2) is 0 Å². The molecular formula is C22H23N3O4. The molecule has 1 aliphatic heterocycles. The Labute approximate surface area is 169 Å². The smallest absolute Gasteiger partial charge is 0.249 e. The largest absolute Gasteiger partial charge is 0.454 e. The van der Waals surface area contributed by atoms with E-state index in [0.29, 0.717) is 36.1 Å². The lowest BCUT2D eigenvalue weighted by Crippen LogP contribution is -2.31. The van der Waals surface area contributed by atoms with Crippen molar-refractivity contribution in [3.05, 3.63) is 60.0 Å².